The zero-order valence-corrected chi connectivity index (χ0v) is 8.11. The predicted molar refractivity (Wildman–Crippen MR) is 46.4 cm³/mol. The van der Waals surface area contributed by atoms with Crippen LogP contribution < -0.4 is 0 Å². The maximum atomic E-state index is 5.67. The van der Waals surface area contributed by atoms with Crippen molar-refractivity contribution < 1.29 is 4.74 Å². The van der Waals surface area contributed by atoms with Gasteiger partial charge in [-0.2, -0.15) is 0 Å². The van der Waals surface area contributed by atoms with Crippen LogP contribution in [0.15, 0.2) is 0 Å². The van der Waals surface area contributed by atoms with Gasteiger partial charge >= 0.3 is 0 Å². The van der Waals surface area contributed by atoms with E-state index >= 15 is 0 Å². The highest BCUT2D eigenvalue weighted by molar-refractivity contribution is 6.16. The van der Waals surface area contributed by atoms with Crippen molar-refractivity contribution in [2.24, 2.45) is 0 Å². The van der Waals surface area contributed by atoms with E-state index in [1.54, 1.807) is 11.8 Å². The number of methoxy groups -OCH3 is 1. The fourth-order valence-corrected chi connectivity index (χ4v) is 1.69. The molecule has 0 amide bonds. The average molecular weight is 203 g/mol. The molecule has 0 aliphatic heterocycles. The maximum Gasteiger partial charge on any atom is 0.166 e. The largest absolute Gasteiger partial charge is 0.381 e. The van der Waals surface area contributed by atoms with Gasteiger partial charge < -0.3 is 4.74 Å². The summed E-state index contributed by atoms with van der Waals surface area (Å²) < 4.78 is 6.97. The van der Waals surface area contributed by atoms with Crippen LogP contribution in [0.1, 0.15) is 24.7 Å². The van der Waals surface area contributed by atoms with E-state index in [2.05, 4.69) is 15.5 Å². The lowest BCUT2D eigenvalue weighted by Crippen LogP contribution is -2.33. The molecule has 1 saturated carbocycles. The minimum Gasteiger partial charge on any atom is -0.381 e. The van der Waals surface area contributed by atoms with Gasteiger partial charge in [-0.05, 0) is 23.3 Å². The van der Waals surface area contributed by atoms with Gasteiger partial charge in [-0.1, -0.05) is 0 Å². The molecule has 0 atom stereocenters. The summed E-state index contributed by atoms with van der Waals surface area (Å²) in [6, 6.07) is 0.369. The molecule has 6 heteroatoms. The first kappa shape index (κ1) is 8.90. The second-order valence-electron chi connectivity index (χ2n) is 3.16. The molecule has 1 aliphatic carbocycles. The SMILES string of the molecule is COC1CC(n2nnnc2CCl)C1. The summed E-state index contributed by atoms with van der Waals surface area (Å²) in [4.78, 5) is 0. The standard InChI is InChI=1S/C7H11ClN4O/c1-13-6-2-5(3-6)12-7(4-8)9-10-11-12/h5-6H,2-4H2,1H3. The maximum absolute atomic E-state index is 5.67. The van der Waals surface area contributed by atoms with Crippen molar-refractivity contribution >= 4 is 11.6 Å². The topological polar surface area (TPSA) is 52.8 Å². The summed E-state index contributed by atoms with van der Waals surface area (Å²) in [5.41, 5.74) is 0. The summed E-state index contributed by atoms with van der Waals surface area (Å²) in [7, 11) is 1.73. The molecule has 72 valence electrons. The fourth-order valence-electron chi connectivity index (χ4n) is 1.51. The number of hydrogen-bond acceptors (Lipinski definition) is 4. The summed E-state index contributed by atoms with van der Waals surface area (Å²) in [5.74, 6) is 1.10. The predicted octanol–water partition coefficient (Wildman–Crippen LogP) is 0.762. The molecule has 1 heterocycles. The Balaban J connectivity index is 2.02. The lowest BCUT2D eigenvalue weighted by Gasteiger charge is -2.33. The molecule has 0 saturated heterocycles. The summed E-state index contributed by atoms with van der Waals surface area (Å²) in [6.45, 7) is 0. The van der Waals surface area contributed by atoms with Crippen LogP contribution >= 0.6 is 11.6 Å². The Labute approximate surface area is 81.0 Å². The molecule has 0 aromatic carbocycles. The van der Waals surface area contributed by atoms with Crippen LogP contribution in [-0.4, -0.2) is 33.4 Å². The van der Waals surface area contributed by atoms with E-state index in [1.807, 2.05) is 0 Å². The van der Waals surface area contributed by atoms with Crippen LogP contribution in [0.3, 0.4) is 0 Å². The van der Waals surface area contributed by atoms with Crippen molar-refractivity contribution in [3.05, 3.63) is 5.82 Å². The Morgan fingerprint density at radius 3 is 3.00 bits per heavy atom. The zero-order valence-electron chi connectivity index (χ0n) is 7.35. The Kier molecular flexibility index (Phi) is 2.46. The Morgan fingerprint density at radius 1 is 1.62 bits per heavy atom. The Morgan fingerprint density at radius 2 is 2.38 bits per heavy atom. The van der Waals surface area contributed by atoms with Gasteiger partial charge in [0.2, 0.25) is 0 Å². The monoisotopic (exact) mass is 202 g/mol. The quantitative estimate of drug-likeness (QED) is 0.680. The number of hydrogen-bond donors (Lipinski definition) is 0. The molecule has 1 aromatic rings. The second-order valence-corrected chi connectivity index (χ2v) is 3.42. The average Bonchev–Trinajstić information content (AvgIpc) is 2.50. The van der Waals surface area contributed by atoms with Crippen molar-refractivity contribution in [3.8, 4) is 0 Å². The van der Waals surface area contributed by atoms with E-state index in [0.29, 0.717) is 18.0 Å². The first-order valence-corrected chi connectivity index (χ1v) is 4.74. The normalized spacial score (nSPS) is 27.2. The third kappa shape index (κ3) is 1.53. The molecule has 0 unspecified atom stereocenters. The summed E-state index contributed by atoms with van der Waals surface area (Å²) >= 11 is 5.67. The van der Waals surface area contributed by atoms with Crippen molar-refractivity contribution in [3.63, 3.8) is 0 Å². The number of alkyl halides is 1. The Hall–Kier alpha value is -0.680. The number of aromatic nitrogens is 4. The highest BCUT2D eigenvalue weighted by Gasteiger charge is 2.32. The molecule has 0 bridgehead atoms. The van der Waals surface area contributed by atoms with E-state index in [4.69, 9.17) is 16.3 Å². The minimum absolute atomic E-state index is 0.359. The summed E-state index contributed by atoms with van der Waals surface area (Å²) in [6.07, 6.45) is 2.31. The van der Waals surface area contributed by atoms with Crippen molar-refractivity contribution in [2.75, 3.05) is 7.11 Å². The van der Waals surface area contributed by atoms with Crippen LogP contribution in [0, 0.1) is 0 Å². The van der Waals surface area contributed by atoms with E-state index in [-0.39, 0.29) is 0 Å². The van der Waals surface area contributed by atoms with Crippen LogP contribution in [0.25, 0.3) is 0 Å². The van der Waals surface area contributed by atoms with E-state index in [0.717, 1.165) is 18.7 Å². The number of nitrogens with zero attached hydrogens (tertiary/aromatic N) is 4. The second kappa shape index (κ2) is 3.59. The molecule has 13 heavy (non-hydrogen) atoms. The molecule has 2 rings (SSSR count). The van der Waals surface area contributed by atoms with Crippen LogP contribution in [0.5, 0.6) is 0 Å². The van der Waals surface area contributed by atoms with Crippen LogP contribution in [0.2, 0.25) is 0 Å². The molecule has 0 N–H and O–H groups in total. The lowest BCUT2D eigenvalue weighted by atomic mass is 9.89. The first-order valence-electron chi connectivity index (χ1n) is 4.20. The molecular weight excluding hydrogens is 192 g/mol. The molecule has 5 nitrogen and oxygen atoms in total. The minimum atomic E-state index is 0.359. The molecule has 1 fully saturated rings. The third-order valence-corrected chi connectivity index (χ3v) is 2.67. The number of halogens is 1. The van der Waals surface area contributed by atoms with Gasteiger partial charge in [0, 0.05) is 7.11 Å². The van der Waals surface area contributed by atoms with Gasteiger partial charge in [0.1, 0.15) is 0 Å². The molecule has 0 spiro atoms. The van der Waals surface area contributed by atoms with Gasteiger partial charge in [0.05, 0.1) is 18.0 Å². The van der Waals surface area contributed by atoms with Gasteiger partial charge in [0.15, 0.2) is 5.82 Å². The fraction of sp³-hybridized carbons (Fsp3) is 0.857. The van der Waals surface area contributed by atoms with Gasteiger partial charge in [-0.25, -0.2) is 4.68 Å². The zero-order chi connectivity index (χ0) is 9.26. The van der Waals surface area contributed by atoms with E-state index in [1.165, 1.54) is 0 Å². The number of rotatable bonds is 3. The number of ether oxygens (including phenoxy) is 1. The molecule has 1 aliphatic rings. The highest BCUT2D eigenvalue weighted by atomic mass is 35.5. The van der Waals surface area contributed by atoms with Crippen molar-refractivity contribution in [2.45, 2.75) is 30.9 Å². The van der Waals surface area contributed by atoms with Gasteiger partial charge in [-0.3, -0.25) is 0 Å². The molecular formula is C7H11ClN4O. The van der Waals surface area contributed by atoms with Crippen LogP contribution in [-0.2, 0) is 10.6 Å². The molecule has 1 aromatic heterocycles. The van der Waals surface area contributed by atoms with Gasteiger partial charge in [0.25, 0.3) is 0 Å². The smallest absolute Gasteiger partial charge is 0.166 e. The van der Waals surface area contributed by atoms with Gasteiger partial charge in [-0.15, -0.1) is 16.7 Å². The third-order valence-electron chi connectivity index (χ3n) is 2.43. The highest BCUT2D eigenvalue weighted by Crippen LogP contribution is 2.33. The first-order chi connectivity index (χ1) is 6.35. The van der Waals surface area contributed by atoms with E-state index < -0.39 is 0 Å². The van der Waals surface area contributed by atoms with Crippen molar-refractivity contribution in [1.29, 1.82) is 0 Å². The van der Waals surface area contributed by atoms with Crippen LogP contribution in [0.4, 0.5) is 0 Å². The van der Waals surface area contributed by atoms with Crippen molar-refractivity contribution in [1.82, 2.24) is 20.2 Å². The molecule has 0 radical (unpaired) electrons. The Bertz CT molecular complexity index is 284. The summed E-state index contributed by atoms with van der Waals surface area (Å²) in [5, 5.41) is 11.3. The van der Waals surface area contributed by atoms with E-state index in [9.17, 15) is 0 Å². The lowest BCUT2D eigenvalue weighted by molar-refractivity contribution is 0.00123. The number of tetrazole rings is 1.